The second-order valence-electron chi connectivity index (χ2n) is 8.51. The first-order valence-electron chi connectivity index (χ1n) is 12.6. The number of benzene rings is 3. The second-order valence-corrected chi connectivity index (χ2v) is 8.51. The van der Waals surface area contributed by atoms with Crippen molar-refractivity contribution < 1.29 is 14.3 Å². The molecule has 0 saturated heterocycles. The Morgan fingerprint density at radius 2 is 1.31 bits per heavy atom. The van der Waals surface area contributed by atoms with Crippen LogP contribution in [0, 0.1) is 0 Å². The van der Waals surface area contributed by atoms with Crippen LogP contribution in [0.2, 0.25) is 0 Å². The molecule has 35 heavy (non-hydrogen) atoms. The predicted octanol–water partition coefficient (Wildman–Crippen LogP) is 7.09. The van der Waals surface area contributed by atoms with Gasteiger partial charge in [-0.1, -0.05) is 75.4 Å². The van der Waals surface area contributed by atoms with Crippen LogP contribution in [0.25, 0.3) is 11.1 Å². The van der Waals surface area contributed by atoms with Gasteiger partial charge in [0.15, 0.2) is 0 Å². The van der Waals surface area contributed by atoms with E-state index in [4.69, 9.17) is 9.47 Å². The highest BCUT2D eigenvalue weighted by Crippen LogP contribution is 2.33. The lowest BCUT2D eigenvalue weighted by molar-refractivity contribution is -0.134. The number of likely N-dealkylation sites (N-methyl/N-ethyl adjacent to an activating group) is 1. The van der Waals surface area contributed by atoms with Crippen LogP contribution in [-0.2, 0) is 4.79 Å². The number of nitrogens with zero attached hydrogens (tertiary/aromatic N) is 1. The smallest absolute Gasteiger partial charge is 0.311 e. The number of carbonyl (C=O) groups excluding carboxylic acids is 1. The van der Waals surface area contributed by atoms with Gasteiger partial charge in [0, 0.05) is 13.0 Å². The number of allylic oxidation sites excluding steroid dienone is 1. The normalized spacial score (nSPS) is 11.8. The van der Waals surface area contributed by atoms with Crippen molar-refractivity contribution in [2.45, 2.75) is 40.5 Å². The molecule has 0 spiro atoms. The van der Waals surface area contributed by atoms with Gasteiger partial charge in [0.25, 0.3) is 0 Å². The molecule has 3 aromatic rings. The lowest BCUT2D eigenvalue weighted by Crippen LogP contribution is -2.27. The number of hydrogen-bond donors (Lipinski definition) is 0. The fourth-order valence-corrected chi connectivity index (χ4v) is 4.06. The maximum atomic E-state index is 11.9. The minimum atomic E-state index is -0.201. The van der Waals surface area contributed by atoms with Gasteiger partial charge in [0.2, 0.25) is 0 Å². The van der Waals surface area contributed by atoms with Crippen molar-refractivity contribution in [3.8, 4) is 11.5 Å². The average molecular weight is 472 g/mol. The molecule has 3 aromatic carbocycles. The third-order valence-electron chi connectivity index (χ3n) is 6.12. The molecular formula is C31H37NO3. The molecule has 4 nitrogen and oxygen atoms in total. The van der Waals surface area contributed by atoms with Crippen LogP contribution in [0.5, 0.6) is 11.5 Å². The predicted molar refractivity (Wildman–Crippen MR) is 145 cm³/mol. The molecule has 0 unspecified atom stereocenters. The van der Waals surface area contributed by atoms with Gasteiger partial charge in [-0.05, 0) is 78.5 Å². The van der Waals surface area contributed by atoms with Crippen molar-refractivity contribution in [3.05, 3.63) is 95.6 Å². The van der Waals surface area contributed by atoms with E-state index in [-0.39, 0.29) is 5.97 Å². The summed E-state index contributed by atoms with van der Waals surface area (Å²) >= 11 is 0. The standard InChI is InChI=1S/C31H37NO3/c1-5-11-30(33)35-29-20-16-27(17-21-29)31(24(4)25-12-9-8-10-13-25)26-14-18-28(19-15-26)34-23-22-32(6-2)7-3/h8-10,12-21H,5-7,11,22-23H2,1-4H3/b31-24+. The van der Waals surface area contributed by atoms with Crippen LogP contribution in [0.4, 0.5) is 0 Å². The van der Waals surface area contributed by atoms with Crippen LogP contribution >= 0.6 is 0 Å². The highest BCUT2D eigenvalue weighted by Gasteiger charge is 2.12. The summed E-state index contributed by atoms with van der Waals surface area (Å²) < 4.78 is 11.4. The Bertz CT molecular complexity index is 1080. The Kier molecular flexibility index (Phi) is 10.1. The molecule has 0 N–H and O–H groups in total. The van der Waals surface area contributed by atoms with Crippen molar-refractivity contribution >= 4 is 17.1 Å². The summed E-state index contributed by atoms with van der Waals surface area (Å²) in [6, 6.07) is 26.5. The summed E-state index contributed by atoms with van der Waals surface area (Å²) in [5.41, 5.74) is 5.66. The van der Waals surface area contributed by atoms with Gasteiger partial charge in [-0.15, -0.1) is 0 Å². The van der Waals surface area contributed by atoms with Gasteiger partial charge >= 0.3 is 5.97 Å². The highest BCUT2D eigenvalue weighted by atomic mass is 16.5. The SMILES string of the molecule is CCCC(=O)Oc1ccc(/C(=C(\C)c2ccccc2)c2ccc(OCCN(CC)CC)cc2)cc1. The summed E-state index contributed by atoms with van der Waals surface area (Å²) in [6.45, 7) is 12.1. The number of ether oxygens (including phenoxy) is 2. The van der Waals surface area contributed by atoms with Crippen molar-refractivity contribution in [1.82, 2.24) is 4.90 Å². The van der Waals surface area contributed by atoms with Crippen molar-refractivity contribution in [2.75, 3.05) is 26.2 Å². The lowest BCUT2D eigenvalue weighted by Gasteiger charge is -2.18. The third kappa shape index (κ3) is 7.56. The van der Waals surface area contributed by atoms with Gasteiger partial charge in [-0.25, -0.2) is 0 Å². The van der Waals surface area contributed by atoms with E-state index in [0.29, 0.717) is 18.8 Å². The first kappa shape index (κ1) is 26.2. The molecule has 184 valence electrons. The van der Waals surface area contributed by atoms with Crippen molar-refractivity contribution in [3.63, 3.8) is 0 Å². The molecule has 0 radical (unpaired) electrons. The van der Waals surface area contributed by atoms with Gasteiger partial charge in [-0.3, -0.25) is 4.79 Å². The monoisotopic (exact) mass is 471 g/mol. The largest absolute Gasteiger partial charge is 0.492 e. The Hall–Kier alpha value is -3.37. The molecule has 0 saturated carbocycles. The van der Waals surface area contributed by atoms with E-state index in [1.54, 1.807) is 0 Å². The molecule has 0 aliphatic heterocycles. The van der Waals surface area contributed by atoms with E-state index in [1.807, 2.05) is 49.4 Å². The van der Waals surface area contributed by atoms with E-state index < -0.39 is 0 Å². The zero-order valence-electron chi connectivity index (χ0n) is 21.4. The van der Waals surface area contributed by atoms with E-state index >= 15 is 0 Å². The summed E-state index contributed by atoms with van der Waals surface area (Å²) in [7, 11) is 0. The minimum absolute atomic E-state index is 0.201. The van der Waals surface area contributed by atoms with Crippen LogP contribution < -0.4 is 9.47 Å². The van der Waals surface area contributed by atoms with Crippen LogP contribution in [0.1, 0.15) is 57.2 Å². The Labute approximate surface area is 210 Å². The summed E-state index contributed by atoms with van der Waals surface area (Å²) in [5, 5.41) is 0. The summed E-state index contributed by atoms with van der Waals surface area (Å²) in [6.07, 6.45) is 1.19. The second kappa shape index (κ2) is 13.5. The van der Waals surface area contributed by atoms with E-state index in [0.717, 1.165) is 48.5 Å². The number of esters is 1. The topological polar surface area (TPSA) is 38.8 Å². The van der Waals surface area contributed by atoms with Crippen LogP contribution in [0.15, 0.2) is 78.9 Å². The molecule has 0 bridgehead atoms. The van der Waals surface area contributed by atoms with Crippen molar-refractivity contribution in [1.29, 1.82) is 0 Å². The van der Waals surface area contributed by atoms with E-state index in [1.165, 1.54) is 11.1 Å². The third-order valence-corrected chi connectivity index (χ3v) is 6.12. The Morgan fingerprint density at radius 1 is 0.743 bits per heavy atom. The molecule has 0 aromatic heterocycles. The molecule has 4 heteroatoms. The molecule has 0 aliphatic rings. The average Bonchev–Trinajstić information content (AvgIpc) is 2.89. The fraction of sp³-hybridized carbons (Fsp3) is 0.323. The van der Waals surface area contributed by atoms with Gasteiger partial charge in [0.1, 0.15) is 18.1 Å². The Balaban J connectivity index is 1.87. The van der Waals surface area contributed by atoms with Gasteiger partial charge < -0.3 is 14.4 Å². The molecule has 0 amide bonds. The van der Waals surface area contributed by atoms with Gasteiger partial charge in [0.05, 0.1) is 0 Å². The van der Waals surface area contributed by atoms with Crippen LogP contribution in [0.3, 0.4) is 0 Å². The Morgan fingerprint density at radius 3 is 1.86 bits per heavy atom. The van der Waals surface area contributed by atoms with E-state index in [9.17, 15) is 4.79 Å². The molecule has 0 fully saturated rings. The molecule has 0 heterocycles. The number of carbonyl (C=O) groups is 1. The first-order valence-corrected chi connectivity index (χ1v) is 12.6. The summed E-state index contributed by atoms with van der Waals surface area (Å²) in [5.74, 6) is 1.24. The van der Waals surface area contributed by atoms with Crippen molar-refractivity contribution in [2.24, 2.45) is 0 Å². The first-order chi connectivity index (χ1) is 17.0. The van der Waals surface area contributed by atoms with Crippen LogP contribution in [-0.4, -0.2) is 37.1 Å². The molecule has 0 aliphatic carbocycles. The molecule has 0 atom stereocenters. The molecule has 3 rings (SSSR count). The van der Waals surface area contributed by atoms with Gasteiger partial charge in [-0.2, -0.15) is 0 Å². The summed E-state index contributed by atoms with van der Waals surface area (Å²) in [4.78, 5) is 14.2. The molecular weight excluding hydrogens is 434 g/mol. The minimum Gasteiger partial charge on any atom is -0.492 e. The fourth-order valence-electron chi connectivity index (χ4n) is 4.06. The zero-order valence-corrected chi connectivity index (χ0v) is 21.4. The lowest BCUT2D eigenvalue weighted by atomic mass is 9.90. The number of hydrogen-bond acceptors (Lipinski definition) is 4. The highest BCUT2D eigenvalue weighted by molar-refractivity contribution is 5.98. The maximum Gasteiger partial charge on any atom is 0.311 e. The quantitative estimate of drug-likeness (QED) is 0.161. The zero-order chi connectivity index (χ0) is 25.0. The maximum absolute atomic E-state index is 11.9. The number of rotatable bonds is 12. The van der Waals surface area contributed by atoms with E-state index in [2.05, 4.69) is 62.1 Å².